The molecule has 0 atom stereocenters. The summed E-state index contributed by atoms with van der Waals surface area (Å²) in [7, 11) is -2.12. The predicted molar refractivity (Wildman–Crippen MR) is 124 cm³/mol. The van der Waals surface area contributed by atoms with E-state index in [1.165, 1.54) is 41.9 Å². The smallest absolute Gasteiger partial charge is 0.261 e. The van der Waals surface area contributed by atoms with Crippen LogP contribution in [0.1, 0.15) is 17.3 Å². The van der Waals surface area contributed by atoms with Gasteiger partial charge in [-0.15, -0.1) is 0 Å². The summed E-state index contributed by atoms with van der Waals surface area (Å²) in [4.78, 5) is 26.1. The molecule has 1 fully saturated rings. The third-order valence-corrected chi connectivity index (χ3v) is 7.51. The number of carbonyl (C=O) groups excluding carboxylic acids is 1. The maximum atomic E-state index is 13.0. The largest absolute Gasteiger partial charge is 0.497 e. The van der Waals surface area contributed by atoms with Crippen LogP contribution >= 0.6 is 0 Å². The number of sulfonamides is 1. The molecule has 9 nitrogen and oxygen atoms in total. The second kappa shape index (κ2) is 9.34. The minimum Gasteiger partial charge on any atom is -0.497 e. The number of anilines is 1. The number of morpholine rings is 1. The van der Waals surface area contributed by atoms with Gasteiger partial charge in [-0.05, 0) is 49.4 Å². The van der Waals surface area contributed by atoms with E-state index < -0.39 is 21.4 Å². The minimum absolute atomic E-state index is 0.0115. The van der Waals surface area contributed by atoms with Gasteiger partial charge >= 0.3 is 0 Å². The van der Waals surface area contributed by atoms with Crippen molar-refractivity contribution in [3.63, 3.8) is 0 Å². The van der Waals surface area contributed by atoms with Crippen molar-refractivity contribution in [2.75, 3.05) is 38.7 Å². The van der Waals surface area contributed by atoms with E-state index in [1.807, 2.05) is 11.5 Å². The van der Waals surface area contributed by atoms with Crippen molar-refractivity contribution in [2.24, 2.45) is 0 Å². The number of hydrogen-bond donors (Lipinski definition) is 1. The summed E-state index contributed by atoms with van der Waals surface area (Å²) in [6, 6.07) is 11.1. The SMILES string of the molecule is CCn1cc(C(=O)Nc2ccc(S(=O)(=O)N3CCOCC3)cc2)c(=O)c2cc(OC)ccc21. The molecule has 2 heterocycles. The zero-order valence-electron chi connectivity index (χ0n) is 18.4. The Morgan fingerprint density at radius 1 is 1.12 bits per heavy atom. The van der Waals surface area contributed by atoms with Crippen molar-refractivity contribution in [3.8, 4) is 5.75 Å². The summed E-state index contributed by atoms with van der Waals surface area (Å²) < 4.78 is 39.2. The molecule has 0 spiro atoms. The Kier molecular flexibility index (Phi) is 6.50. The van der Waals surface area contributed by atoms with E-state index in [4.69, 9.17) is 9.47 Å². The van der Waals surface area contributed by atoms with Gasteiger partial charge in [0.25, 0.3) is 5.91 Å². The van der Waals surface area contributed by atoms with Gasteiger partial charge in [0.1, 0.15) is 11.3 Å². The van der Waals surface area contributed by atoms with Crippen molar-refractivity contribution >= 4 is 32.5 Å². The number of aromatic nitrogens is 1. The van der Waals surface area contributed by atoms with Crippen LogP contribution in [0.3, 0.4) is 0 Å². The molecule has 0 saturated carbocycles. The van der Waals surface area contributed by atoms with Gasteiger partial charge in [0.15, 0.2) is 0 Å². The number of pyridine rings is 1. The summed E-state index contributed by atoms with van der Waals surface area (Å²) >= 11 is 0. The molecule has 4 rings (SSSR count). The summed E-state index contributed by atoms with van der Waals surface area (Å²) in [6.07, 6.45) is 1.53. The van der Waals surface area contributed by atoms with Crippen LogP contribution in [0.25, 0.3) is 10.9 Å². The van der Waals surface area contributed by atoms with Crippen LogP contribution in [0.4, 0.5) is 5.69 Å². The number of ether oxygens (including phenoxy) is 2. The van der Waals surface area contributed by atoms with Gasteiger partial charge in [0.05, 0.1) is 36.1 Å². The molecule has 10 heteroatoms. The highest BCUT2D eigenvalue weighted by Gasteiger charge is 2.26. The number of nitrogens with zero attached hydrogens (tertiary/aromatic N) is 2. The average molecular weight is 472 g/mol. The molecule has 0 bridgehead atoms. The molecule has 0 unspecified atom stereocenters. The first-order chi connectivity index (χ1) is 15.8. The number of nitrogens with one attached hydrogen (secondary N) is 1. The van der Waals surface area contributed by atoms with E-state index in [0.29, 0.717) is 55.2 Å². The lowest BCUT2D eigenvalue weighted by atomic mass is 10.1. The van der Waals surface area contributed by atoms with Gasteiger partial charge in [0.2, 0.25) is 15.5 Å². The molecular weight excluding hydrogens is 446 g/mol. The maximum Gasteiger partial charge on any atom is 0.261 e. The monoisotopic (exact) mass is 471 g/mol. The second-order valence-corrected chi connectivity index (χ2v) is 9.47. The molecule has 1 amide bonds. The summed E-state index contributed by atoms with van der Waals surface area (Å²) in [5.74, 6) is -0.0485. The number of fused-ring (bicyclic) bond motifs is 1. The molecule has 1 aliphatic heterocycles. The Labute approximate surface area is 191 Å². The van der Waals surface area contributed by atoms with Crippen LogP contribution in [0, 0.1) is 0 Å². The van der Waals surface area contributed by atoms with Crippen LogP contribution in [0.5, 0.6) is 5.75 Å². The van der Waals surface area contributed by atoms with Crippen LogP contribution in [0.15, 0.2) is 58.4 Å². The molecule has 2 aromatic carbocycles. The Morgan fingerprint density at radius 2 is 1.82 bits per heavy atom. The van der Waals surface area contributed by atoms with E-state index in [1.54, 1.807) is 18.2 Å². The Balaban J connectivity index is 1.61. The van der Waals surface area contributed by atoms with Gasteiger partial charge < -0.3 is 19.4 Å². The molecule has 174 valence electrons. The number of hydrogen-bond acceptors (Lipinski definition) is 6. The lowest BCUT2D eigenvalue weighted by Gasteiger charge is -2.26. The second-order valence-electron chi connectivity index (χ2n) is 7.54. The van der Waals surface area contributed by atoms with E-state index in [9.17, 15) is 18.0 Å². The fourth-order valence-corrected chi connectivity index (χ4v) is 5.18. The van der Waals surface area contributed by atoms with Crippen molar-refractivity contribution < 1.29 is 22.7 Å². The fraction of sp³-hybridized carbons (Fsp3) is 0.304. The van der Waals surface area contributed by atoms with E-state index >= 15 is 0 Å². The molecule has 1 saturated heterocycles. The highest BCUT2D eigenvalue weighted by Crippen LogP contribution is 2.21. The Hall–Kier alpha value is -3.21. The number of methoxy groups -OCH3 is 1. The first kappa shape index (κ1) is 23.0. The number of aryl methyl sites for hydroxylation is 1. The number of amides is 1. The van der Waals surface area contributed by atoms with Gasteiger partial charge in [0, 0.05) is 31.5 Å². The van der Waals surface area contributed by atoms with Crippen molar-refractivity contribution in [1.29, 1.82) is 0 Å². The van der Waals surface area contributed by atoms with E-state index in [2.05, 4.69) is 5.32 Å². The molecule has 0 radical (unpaired) electrons. The molecule has 0 aliphatic carbocycles. The predicted octanol–water partition coefficient (Wildman–Crippen LogP) is 2.30. The normalized spacial score (nSPS) is 14.8. The zero-order valence-corrected chi connectivity index (χ0v) is 19.2. The van der Waals surface area contributed by atoms with E-state index in [0.717, 1.165) is 0 Å². The van der Waals surface area contributed by atoms with Crippen LogP contribution in [-0.4, -0.2) is 56.6 Å². The lowest BCUT2D eigenvalue weighted by Crippen LogP contribution is -2.40. The standard InChI is InChI=1S/C23H25N3O6S/c1-3-25-15-20(22(27)19-14-17(31-2)6-9-21(19)25)23(28)24-16-4-7-18(8-5-16)33(29,30)26-10-12-32-13-11-26/h4-9,14-15H,3,10-13H2,1-2H3,(H,24,28). The first-order valence-electron chi connectivity index (χ1n) is 10.6. The summed E-state index contributed by atoms with van der Waals surface area (Å²) in [5, 5.41) is 3.07. The first-order valence-corrected chi connectivity index (χ1v) is 12.0. The maximum absolute atomic E-state index is 13.0. The van der Waals surface area contributed by atoms with Crippen molar-refractivity contribution in [1.82, 2.24) is 8.87 Å². The highest BCUT2D eigenvalue weighted by atomic mass is 32.2. The van der Waals surface area contributed by atoms with E-state index in [-0.39, 0.29) is 10.5 Å². The third kappa shape index (κ3) is 4.50. The highest BCUT2D eigenvalue weighted by molar-refractivity contribution is 7.89. The van der Waals surface area contributed by atoms with Gasteiger partial charge in [-0.2, -0.15) is 4.31 Å². The quantitative estimate of drug-likeness (QED) is 0.591. The third-order valence-electron chi connectivity index (χ3n) is 5.59. The average Bonchev–Trinajstić information content (AvgIpc) is 2.85. The van der Waals surface area contributed by atoms with Gasteiger partial charge in [-0.25, -0.2) is 8.42 Å². The Bertz CT molecular complexity index is 1340. The lowest BCUT2D eigenvalue weighted by molar-refractivity contribution is 0.0730. The summed E-state index contributed by atoms with van der Waals surface area (Å²) in [5.41, 5.74) is 0.673. The van der Waals surface area contributed by atoms with Gasteiger partial charge in [-0.3, -0.25) is 9.59 Å². The fourth-order valence-electron chi connectivity index (χ4n) is 3.77. The molecule has 1 aromatic heterocycles. The Morgan fingerprint density at radius 3 is 2.45 bits per heavy atom. The van der Waals surface area contributed by atoms with Crippen LogP contribution < -0.4 is 15.5 Å². The topological polar surface area (TPSA) is 107 Å². The number of benzene rings is 2. The van der Waals surface area contributed by atoms with Crippen molar-refractivity contribution in [3.05, 3.63) is 64.4 Å². The molecule has 1 aliphatic rings. The molecule has 1 N–H and O–H groups in total. The van der Waals surface area contributed by atoms with Crippen molar-refractivity contribution in [2.45, 2.75) is 18.4 Å². The van der Waals surface area contributed by atoms with Crippen LogP contribution in [0.2, 0.25) is 0 Å². The number of carbonyl (C=O) groups is 1. The zero-order chi connectivity index (χ0) is 23.6. The molecule has 33 heavy (non-hydrogen) atoms. The van der Waals surface area contributed by atoms with Gasteiger partial charge in [-0.1, -0.05) is 0 Å². The minimum atomic E-state index is -3.63. The molecule has 3 aromatic rings. The summed E-state index contributed by atoms with van der Waals surface area (Å²) in [6.45, 7) is 3.82. The van der Waals surface area contributed by atoms with Crippen LogP contribution in [-0.2, 0) is 21.3 Å². The number of rotatable bonds is 6. The molecular formula is C23H25N3O6S.